The Morgan fingerprint density at radius 3 is 2.80 bits per heavy atom. The summed E-state index contributed by atoms with van der Waals surface area (Å²) < 4.78 is 39.0. The maximum absolute atomic E-state index is 13.8. The summed E-state index contributed by atoms with van der Waals surface area (Å²) in [5, 5.41) is 2.00. The van der Waals surface area contributed by atoms with Crippen LogP contribution in [0.4, 0.5) is 4.39 Å². The highest BCUT2D eigenvalue weighted by Gasteiger charge is 2.45. The van der Waals surface area contributed by atoms with Gasteiger partial charge in [0.25, 0.3) is 0 Å². The van der Waals surface area contributed by atoms with Crippen LogP contribution < -0.4 is 5.32 Å². The first-order chi connectivity index (χ1) is 9.51. The Balaban J connectivity index is 1.99. The van der Waals surface area contributed by atoms with Gasteiger partial charge in [0.15, 0.2) is 9.84 Å². The van der Waals surface area contributed by atoms with Gasteiger partial charge in [0.05, 0.1) is 6.04 Å². The van der Waals surface area contributed by atoms with Crippen molar-refractivity contribution in [1.29, 1.82) is 0 Å². The van der Waals surface area contributed by atoms with Gasteiger partial charge in [-0.1, -0.05) is 12.1 Å². The van der Waals surface area contributed by atoms with E-state index in [0.717, 1.165) is 6.07 Å². The number of amides is 1. The van der Waals surface area contributed by atoms with Crippen LogP contribution >= 0.6 is 0 Å². The number of fused-ring (bicyclic) bond motifs is 1. The predicted molar refractivity (Wildman–Crippen MR) is 70.1 cm³/mol. The number of carbonyl (C=O) groups is 1. The van der Waals surface area contributed by atoms with E-state index in [1.165, 1.54) is 18.2 Å². The molecule has 2 atom stereocenters. The van der Waals surface area contributed by atoms with Gasteiger partial charge >= 0.3 is 0 Å². The second kappa shape index (κ2) is 4.82. The lowest BCUT2D eigenvalue weighted by Crippen LogP contribution is -2.59. The minimum Gasteiger partial charge on any atom is -0.336 e. The molecular weight excluding hydrogens is 283 g/mol. The van der Waals surface area contributed by atoms with Gasteiger partial charge in [-0.3, -0.25) is 10.1 Å². The summed E-state index contributed by atoms with van der Waals surface area (Å²) in [7, 11) is -3.85. The highest BCUT2D eigenvalue weighted by atomic mass is 32.2. The van der Waals surface area contributed by atoms with Crippen molar-refractivity contribution >= 4 is 15.7 Å². The van der Waals surface area contributed by atoms with Gasteiger partial charge in [-0.25, -0.2) is 12.8 Å². The molecular formula is C13H15FN2O3S. The molecule has 1 amide bonds. The van der Waals surface area contributed by atoms with Gasteiger partial charge in [-0.15, -0.1) is 0 Å². The Labute approximate surface area is 116 Å². The van der Waals surface area contributed by atoms with E-state index in [0.29, 0.717) is 25.9 Å². The number of hydrogen-bond donors (Lipinski definition) is 1. The summed E-state index contributed by atoms with van der Waals surface area (Å²) in [5.41, 5.74) is 0. The average molecular weight is 298 g/mol. The smallest absolute Gasteiger partial charge is 0.223 e. The molecule has 2 saturated heterocycles. The minimum atomic E-state index is -3.85. The largest absolute Gasteiger partial charge is 0.336 e. The van der Waals surface area contributed by atoms with Gasteiger partial charge in [0, 0.05) is 19.5 Å². The molecule has 1 aromatic rings. The Kier molecular flexibility index (Phi) is 3.25. The summed E-state index contributed by atoms with van der Waals surface area (Å²) >= 11 is 0. The number of piperazine rings is 1. The molecule has 0 spiro atoms. The molecule has 0 bridgehead atoms. The van der Waals surface area contributed by atoms with E-state index in [9.17, 15) is 17.6 Å². The maximum atomic E-state index is 13.8. The fourth-order valence-electron chi connectivity index (χ4n) is 2.95. The Morgan fingerprint density at radius 2 is 2.05 bits per heavy atom. The van der Waals surface area contributed by atoms with Gasteiger partial charge in [-0.05, 0) is 18.6 Å². The molecule has 2 fully saturated rings. The van der Waals surface area contributed by atoms with E-state index in [1.807, 2.05) is 0 Å². The maximum Gasteiger partial charge on any atom is 0.223 e. The van der Waals surface area contributed by atoms with Crippen molar-refractivity contribution in [3.8, 4) is 0 Å². The molecule has 1 N–H and O–H groups in total. The van der Waals surface area contributed by atoms with Crippen LogP contribution in [0.5, 0.6) is 0 Å². The van der Waals surface area contributed by atoms with Crippen LogP contribution in [0.2, 0.25) is 0 Å². The van der Waals surface area contributed by atoms with E-state index in [2.05, 4.69) is 5.32 Å². The molecule has 2 aliphatic heterocycles. The van der Waals surface area contributed by atoms with Crippen molar-refractivity contribution < 1.29 is 17.6 Å². The fourth-order valence-corrected chi connectivity index (χ4v) is 4.87. The Hall–Kier alpha value is -1.47. The third-order valence-corrected chi connectivity index (χ3v) is 5.99. The molecule has 0 radical (unpaired) electrons. The first-order valence-electron chi connectivity index (χ1n) is 6.53. The molecule has 2 aliphatic rings. The van der Waals surface area contributed by atoms with Crippen molar-refractivity contribution in [3.63, 3.8) is 0 Å². The number of nitrogens with zero attached hydrogens (tertiary/aromatic N) is 1. The summed E-state index contributed by atoms with van der Waals surface area (Å²) in [5.74, 6) is -0.777. The van der Waals surface area contributed by atoms with E-state index >= 15 is 0 Å². The van der Waals surface area contributed by atoms with Gasteiger partial charge in [0.1, 0.15) is 16.1 Å². The van der Waals surface area contributed by atoms with Crippen LogP contribution in [0.15, 0.2) is 29.2 Å². The van der Waals surface area contributed by atoms with Crippen LogP contribution in [0.3, 0.4) is 0 Å². The quantitative estimate of drug-likeness (QED) is 0.864. The molecule has 20 heavy (non-hydrogen) atoms. The zero-order valence-corrected chi connectivity index (χ0v) is 11.6. The van der Waals surface area contributed by atoms with Crippen LogP contribution in [0, 0.1) is 5.82 Å². The third-order valence-electron chi connectivity index (χ3n) is 3.90. The zero-order valence-electron chi connectivity index (χ0n) is 10.8. The molecule has 1 aromatic carbocycles. The highest BCUT2D eigenvalue weighted by Crippen LogP contribution is 2.30. The van der Waals surface area contributed by atoms with Crippen molar-refractivity contribution in [3.05, 3.63) is 30.1 Å². The number of halogens is 1. The molecule has 0 aromatic heterocycles. The second-order valence-corrected chi connectivity index (χ2v) is 7.08. The predicted octanol–water partition coefficient (Wildman–Crippen LogP) is 0.520. The third kappa shape index (κ3) is 2.01. The fraction of sp³-hybridized carbons (Fsp3) is 0.462. The molecule has 3 rings (SSSR count). The topological polar surface area (TPSA) is 66.5 Å². The van der Waals surface area contributed by atoms with Gasteiger partial charge < -0.3 is 4.90 Å². The van der Waals surface area contributed by atoms with Crippen molar-refractivity contribution in [1.82, 2.24) is 10.2 Å². The molecule has 7 heteroatoms. The molecule has 2 heterocycles. The van der Waals surface area contributed by atoms with Crippen molar-refractivity contribution in [2.24, 2.45) is 0 Å². The SMILES string of the molecule is O=C1CCC2C(S(=O)(=O)c3ccccc3F)NCCN12. The standard InChI is InChI=1S/C13H15FN2O3S/c14-9-3-1-2-4-11(9)20(18,19)13-10-5-6-12(17)16(10)8-7-15-13/h1-4,10,13,15H,5-8H2. The molecule has 0 aliphatic carbocycles. The zero-order chi connectivity index (χ0) is 14.3. The van der Waals surface area contributed by atoms with Crippen molar-refractivity contribution in [2.45, 2.75) is 29.2 Å². The first kappa shape index (κ1) is 13.5. The summed E-state index contributed by atoms with van der Waals surface area (Å²) in [6.07, 6.45) is 0.847. The molecule has 0 saturated carbocycles. The Bertz CT molecular complexity index is 647. The Morgan fingerprint density at radius 1 is 1.30 bits per heavy atom. The van der Waals surface area contributed by atoms with Crippen LogP contribution in [-0.4, -0.2) is 43.7 Å². The minimum absolute atomic E-state index is 0.0229. The average Bonchev–Trinajstić information content (AvgIpc) is 2.81. The van der Waals surface area contributed by atoms with Gasteiger partial charge in [-0.2, -0.15) is 0 Å². The molecule has 108 valence electrons. The number of carbonyl (C=O) groups excluding carboxylic acids is 1. The lowest BCUT2D eigenvalue weighted by Gasteiger charge is -2.37. The summed E-state index contributed by atoms with van der Waals surface area (Å²) in [6, 6.07) is 4.94. The number of benzene rings is 1. The second-order valence-electron chi connectivity index (χ2n) is 5.04. The monoisotopic (exact) mass is 298 g/mol. The normalized spacial score (nSPS) is 26.6. The van der Waals surface area contributed by atoms with E-state index in [1.54, 1.807) is 4.90 Å². The van der Waals surface area contributed by atoms with Crippen LogP contribution in [0.25, 0.3) is 0 Å². The number of nitrogens with one attached hydrogen (secondary N) is 1. The van der Waals surface area contributed by atoms with E-state index in [4.69, 9.17) is 0 Å². The van der Waals surface area contributed by atoms with Crippen molar-refractivity contribution in [2.75, 3.05) is 13.1 Å². The first-order valence-corrected chi connectivity index (χ1v) is 8.08. The van der Waals surface area contributed by atoms with Crippen LogP contribution in [0.1, 0.15) is 12.8 Å². The molecule has 5 nitrogen and oxygen atoms in total. The van der Waals surface area contributed by atoms with E-state index < -0.39 is 27.1 Å². The van der Waals surface area contributed by atoms with Gasteiger partial charge in [0.2, 0.25) is 5.91 Å². The lowest BCUT2D eigenvalue weighted by molar-refractivity contribution is -0.129. The summed E-state index contributed by atoms with van der Waals surface area (Å²) in [4.78, 5) is 13.0. The lowest BCUT2D eigenvalue weighted by atomic mass is 10.2. The van der Waals surface area contributed by atoms with Crippen LogP contribution in [-0.2, 0) is 14.6 Å². The number of hydrogen-bond acceptors (Lipinski definition) is 4. The van der Waals surface area contributed by atoms with E-state index in [-0.39, 0.29) is 10.8 Å². The number of rotatable bonds is 2. The number of sulfone groups is 1. The molecule has 2 unspecified atom stereocenters. The highest BCUT2D eigenvalue weighted by molar-refractivity contribution is 7.92. The summed E-state index contributed by atoms with van der Waals surface area (Å²) in [6.45, 7) is 0.910.